The summed E-state index contributed by atoms with van der Waals surface area (Å²) in [6.07, 6.45) is 3.22. The molecular weight excluding hydrogens is 282 g/mol. The molecule has 0 aromatic heterocycles. The molecule has 0 saturated carbocycles. The highest BCUT2D eigenvalue weighted by atomic mass is 35.5. The van der Waals surface area contributed by atoms with Crippen molar-refractivity contribution in [2.24, 2.45) is 0 Å². The second-order valence-electron chi connectivity index (χ2n) is 4.97. The summed E-state index contributed by atoms with van der Waals surface area (Å²) in [7, 11) is 1.98. The third-order valence-electron chi connectivity index (χ3n) is 3.26. The molecule has 0 radical (unpaired) electrons. The van der Waals surface area contributed by atoms with Gasteiger partial charge < -0.3 is 22.5 Å². The molecular formula is C18H23ClNO-. The summed E-state index contributed by atoms with van der Waals surface area (Å²) in [6.45, 7) is 1.85. The van der Waals surface area contributed by atoms with Crippen LogP contribution in [-0.4, -0.2) is 20.2 Å². The number of hydrogen-bond acceptors (Lipinski definition) is 2. The molecule has 0 aliphatic carbocycles. The van der Waals surface area contributed by atoms with Crippen molar-refractivity contribution in [3.63, 3.8) is 0 Å². The fraction of sp³-hybridized carbons (Fsp3) is 0.333. The van der Waals surface area contributed by atoms with Crippen molar-refractivity contribution >= 4 is 0 Å². The lowest BCUT2D eigenvalue weighted by Crippen LogP contribution is -3.00. The Kier molecular flexibility index (Phi) is 8.56. The van der Waals surface area contributed by atoms with Gasteiger partial charge in [0.2, 0.25) is 0 Å². The van der Waals surface area contributed by atoms with Crippen LogP contribution >= 0.6 is 0 Å². The van der Waals surface area contributed by atoms with Gasteiger partial charge in [-0.3, -0.25) is 0 Å². The van der Waals surface area contributed by atoms with Crippen LogP contribution < -0.4 is 22.5 Å². The van der Waals surface area contributed by atoms with Crippen molar-refractivity contribution in [2.75, 3.05) is 20.2 Å². The highest BCUT2D eigenvalue weighted by Crippen LogP contribution is 2.15. The number of ether oxygens (including phenoxy) is 1. The molecule has 0 aliphatic rings. The molecule has 2 aromatic carbocycles. The van der Waals surface area contributed by atoms with Crippen LogP contribution in [0.25, 0.3) is 0 Å². The van der Waals surface area contributed by atoms with E-state index >= 15 is 0 Å². The normalized spacial score (nSPS) is 9.95. The maximum absolute atomic E-state index is 5.73. The highest BCUT2D eigenvalue weighted by molar-refractivity contribution is 5.31. The van der Waals surface area contributed by atoms with Gasteiger partial charge in [-0.25, -0.2) is 0 Å². The Morgan fingerprint density at radius 1 is 0.857 bits per heavy atom. The van der Waals surface area contributed by atoms with Crippen LogP contribution in [0.1, 0.15) is 24.0 Å². The molecule has 0 amide bonds. The van der Waals surface area contributed by atoms with Crippen molar-refractivity contribution in [3.05, 3.63) is 65.7 Å². The van der Waals surface area contributed by atoms with E-state index in [4.69, 9.17) is 4.74 Å². The van der Waals surface area contributed by atoms with Crippen LogP contribution in [0.4, 0.5) is 0 Å². The molecule has 0 saturated heterocycles. The van der Waals surface area contributed by atoms with Crippen LogP contribution in [0.5, 0.6) is 5.75 Å². The zero-order valence-corrected chi connectivity index (χ0v) is 13.3. The van der Waals surface area contributed by atoms with E-state index in [1.165, 1.54) is 11.1 Å². The number of unbranched alkanes of at least 4 members (excludes halogenated alkanes) is 1. The van der Waals surface area contributed by atoms with Crippen LogP contribution in [-0.2, 0) is 6.42 Å². The Hall–Kier alpha value is -1.51. The minimum atomic E-state index is 0. The lowest BCUT2D eigenvalue weighted by atomic mass is 10.1. The number of rotatable bonds is 8. The molecule has 0 unspecified atom stereocenters. The summed E-state index contributed by atoms with van der Waals surface area (Å²) >= 11 is 0. The molecule has 2 nitrogen and oxygen atoms in total. The summed E-state index contributed by atoms with van der Waals surface area (Å²) < 4.78 is 5.73. The minimum absolute atomic E-state index is 0. The van der Waals surface area contributed by atoms with Gasteiger partial charge >= 0.3 is 0 Å². The number of hydrogen-bond donors (Lipinski definition) is 1. The van der Waals surface area contributed by atoms with E-state index < -0.39 is 0 Å². The summed E-state index contributed by atoms with van der Waals surface area (Å²) in [4.78, 5) is 0. The van der Waals surface area contributed by atoms with E-state index in [2.05, 4.69) is 59.9 Å². The summed E-state index contributed by atoms with van der Waals surface area (Å²) in [5, 5.41) is 3.14. The predicted molar refractivity (Wildman–Crippen MR) is 84.3 cm³/mol. The Balaban J connectivity index is 0.00000220. The van der Waals surface area contributed by atoms with Gasteiger partial charge in [0.05, 0.1) is 6.61 Å². The van der Waals surface area contributed by atoms with Crippen LogP contribution in [0.15, 0.2) is 54.6 Å². The summed E-state index contributed by atoms with van der Waals surface area (Å²) in [5.74, 6) is 0.964. The average molecular weight is 305 g/mol. The lowest BCUT2D eigenvalue weighted by molar-refractivity contribution is -0.00000462. The first kappa shape index (κ1) is 17.5. The topological polar surface area (TPSA) is 21.3 Å². The summed E-state index contributed by atoms with van der Waals surface area (Å²) in [5.41, 5.74) is 2.66. The molecule has 21 heavy (non-hydrogen) atoms. The van der Waals surface area contributed by atoms with Crippen molar-refractivity contribution < 1.29 is 17.1 Å². The number of nitrogens with one attached hydrogen (secondary N) is 1. The molecule has 2 aromatic rings. The molecule has 0 aliphatic heterocycles. The fourth-order valence-corrected chi connectivity index (χ4v) is 2.13. The van der Waals surface area contributed by atoms with Gasteiger partial charge in [-0.2, -0.15) is 0 Å². The van der Waals surface area contributed by atoms with E-state index in [0.29, 0.717) is 0 Å². The third-order valence-corrected chi connectivity index (χ3v) is 3.26. The smallest absolute Gasteiger partial charge is 0.119 e. The van der Waals surface area contributed by atoms with Crippen molar-refractivity contribution in [3.8, 4) is 5.75 Å². The van der Waals surface area contributed by atoms with E-state index in [1.54, 1.807) is 0 Å². The van der Waals surface area contributed by atoms with Gasteiger partial charge in [0.25, 0.3) is 0 Å². The molecule has 1 N–H and O–H groups in total. The second kappa shape index (κ2) is 10.3. The van der Waals surface area contributed by atoms with Crippen molar-refractivity contribution in [2.45, 2.75) is 19.3 Å². The largest absolute Gasteiger partial charge is 1.00 e. The second-order valence-corrected chi connectivity index (χ2v) is 4.97. The van der Waals surface area contributed by atoms with Crippen LogP contribution in [0, 0.1) is 0 Å². The minimum Gasteiger partial charge on any atom is -1.00 e. The molecule has 0 atom stereocenters. The standard InChI is InChI=1S/C18H23NO.ClH/c1-19-13-5-6-14-20-18-11-9-17(10-12-18)15-16-7-3-2-4-8-16;/h2-4,7-12,19H,5-6,13-15H2,1H3;1H/p-1. The zero-order valence-electron chi connectivity index (χ0n) is 12.5. The summed E-state index contributed by atoms with van der Waals surface area (Å²) in [6, 6.07) is 19.0. The maximum atomic E-state index is 5.73. The van der Waals surface area contributed by atoms with E-state index in [9.17, 15) is 0 Å². The molecule has 0 heterocycles. The molecule has 0 spiro atoms. The van der Waals surface area contributed by atoms with E-state index in [-0.39, 0.29) is 12.4 Å². The number of benzene rings is 2. The fourth-order valence-electron chi connectivity index (χ4n) is 2.13. The monoisotopic (exact) mass is 304 g/mol. The van der Waals surface area contributed by atoms with Gasteiger partial charge in [0.1, 0.15) is 5.75 Å². The third kappa shape index (κ3) is 6.65. The first-order valence-electron chi connectivity index (χ1n) is 7.29. The van der Waals surface area contributed by atoms with Gasteiger partial charge in [0.15, 0.2) is 0 Å². The van der Waals surface area contributed by atoms with Crippen LogP contribution in [0.3, 0.4) is 0 Å². The Morgan fingerprint density at radius 3 is 2.19 bits per heavy atom. The Labute approximate surface area is 133 Å². The van der Waals surface area contributed by atoms with Crippen molar-refractivity contribution in [1.29, 1.82) is 0 Å². The maximum Gasteiger partial charge on any atom is 0.119 e. The van der Waals surface area contributed by atoms with Gasteiger partial charge in [-0.15, -0.1) is 0 Å². The Morgan fingerprint density at radius 2 is 1.52 bits per heavy atom. The highest BCUT2D eigenvalue weighted by Gasteiger charge is 1.98. The SMILES string of the molecule is CNCCCCOc1ccc(Cc2ccccc2)cc1.[Cl-]. The molecule has 0 fully saturated rings. The van der Waals surface area contributed by atoms with Crippen molar-refractivity contribution in [1.82, 2.24) is 5.32 Å². The number of halogens is 1. The van der Waals surface area contributed by atoms with E-state index in [1.807, 2.05) is 7.05 Å². The first-order chi connectivity index (χ1) is 9.88. The van der Waals surface area contributed by atoms with Crippen LogP contribution in [0.2, 0.25) is 0 Å². The predicted octanol–water partition coefficient (Wildman–Crippen LogP) is 0.660. The average Bonchev–Trinajstić information content (AvgIpc) is 2.50. The first-order valence-corrected chi connectivity index (χ1v) is 7.29. The van der Waals surface area contributed by atoms with E-state index in [0.717, 1.165) is 38.2 Å². The molecule has 114 valence electrons. The quantitative estimate of drug-likeness (QED) is 0.724. The molecule has 2 rings (SSSR count). The molecule has 3 heteroatoms. The Bertz CT molecular complexity index is 484. The van der Waals surface area contributed by atoms with Gasteiger partial charge in [0, 0.05) is 0 Å². The molecule has 0 bridgehead atoms. The zero-order chi connectivity index (χ0) is 14.0. The van der Waals surface area contributed by atoms with Gasteiger partial charge in [-0.05, 0) is 56.1 Å². The lowest BCUT2D eigenvalue weighted by Gasteiger charge is -2.07. The van der Waals surface area contributed by atoms with Gasteiger partial charge in [-0.1, -0.05) is 42.5 Å².